The normalized spacial score (nSPS) is 48.2. The summed E-state index contributed by atoms with van der Waals surface area (Å²) in [6, 6.07) is 0. The van der Waals surface area contributed by atoms with Crippen LogP contribution in [0.1, 0.15) is 46.0 Å². The van der Waals surface area contributed by atoms with Crippen molar-refractivity contribution < 1.29 is 15.0 Å². The summed E-state index contributed by atoms with van der Waals surface area (Å²) in [4.78, 5) is 14.9. The standard InChI is InChI=1S/C22H25BrO3/c1-20-12-14(13-24)19(25)11-15(20)3-4-16-17(20)5-7-21(2)18(16)6-8-22(21,26)9-10-23/h6,8,11,13,16-18,24,26H,3-5,7,12H2,1-2H3/b14-13-/t16-,17+,18+,20+,21+,22-/m1/s1. The van der Waals surface area contributed by atoms with E-state index in [9.17, 15) is 15.0 Å². The first kappa shape index (κ1) is 18.1. The van der Waals surface area contributed by atoms with E-state index in [0.717, 1.165) is 31.9 Å². The summed E-state index contributed by atoms with van der Waals surface area (Å²) < 4.78 is 0. The van der Waals surface area contributed by atoms with Crippen molar-refractivity contribution in [3.05, 3.63) is 35.6 Å². The maximum atomic E-state index is 12.2. The first-order valence-corrected chi connectivity index (χ1v) is 10.2. The Labute approximate surface area is 163 Å². The number of ketones is 1. The number of halogens is 1. The van der Waals surface area contributed by atoms with Crippen molar-refractivity contribution in [2.24, 2.45) is 28.6 Å². The fraction of sp³-hybridized carbons (Fsp3) is 0.591. The van der Waals surface area contributed by atoms with E-state index in [-0.39, 0.29) is 22.5 Å². The number of fused-ring (bicyclic) bond motifs is 5. The largest absolute Gasteiger partial charge is 0.515 e. The molecule has 138 valence electrons. The summed E-state index contributed by atoms with van der Waals surface area (Å²) in [6.45, 7) is 4.43. The third-order valence-corrected chi connectivity index (χ3v) is 8.17. The Hall–Kier alpha value is -1.31. The molecule has 2 fully saturated rings. The van der Waals surface area contributed by atoms with Gasteiger partial charge in [0.2, 0.25) is 0 Å². The van der Waals surface area contributed by atoms with Gasteiger partial charge in [-0.15, -0.1) is 0 Å². The number of rotatable bonds is 0. The van der Waals surface area contributed by atoms with Crippen molar-refractivity contribution in [3.63, 3.8) is 0 Å². The van der Waals surface area contributed by atoms with E-state index in [1.165, 1.54) is 5.57 Å². The molecule has 4 rings (SSSR count). The zero-order valence-electron chi connectivity index (χ0n) is 15.3. The number of carbonyl (C=O) groups excluding carboxylic acids is 1. The van der Waals surface area contributed by atoms with Crippen molar-refractivity contribution in [1.29, 1.82) is 0 Å². The zero-order valence-corrected chi connectivity index (χ0v) is 16.8. The first-order chi connectivity index (χ1) is 12.3. The first-order valence-electron chi connectivity index (χ1n) is 9.42. The number of carbonyl (C=O) groups is 1. The highest BCUT2D eigenvalue weighted by molar-refractivity contribution is 9.12. The lowest BCUT2D eigenvalue weighted by atomic mass is 9.46. The molecule has 0 aromatic carbocycles. The molecule has 2 saturated carbocycles. The van der Waals surface area contributed by atoms with Gasteiger partial charge in [-0.05, 0) is 72.3 Å². The third-order valence-electron chi connectivity index (χ3n) is 7.98. The highest BCUT2D eigenvalue weighted by Gasteiger charge is 2.62. The molecule has 0 unspecified atom stereocenters. The molecule has 0 saturated heterocycles. The molecular formula is C22H25BrO3. The molecule has 0 aromatic rings. The Morgan fingerprint density at radius 2 is 2.12 bits per heavy atom. The van der Waals surface area contributed by atoms with E-state index in [1.54, 1.807) is 6.08 Å². The van der Waals surface area contributed by atoms with Gasteiger partial charge in [-0.1, -0.05) is 31.4 Å². The molecule has 0 heterocycles. The Morgan fingerprint density at radius 1 is 1.35 bits per heavy atom. The van der Waals surface area contributed by atoms with Crippen molar-refractivity contribution >= 4 is 21.7 Å². The number of hydrogen-bond donors (Lipinski definition) is 2. The van der Waals surface area contributed by atoms with Crippen LogP contribution in [0.5, 0.6) is 0 Å². The molecule has 4 aliphatic carbocycles. The second-order valence-corrected chi connectivity index (χ2v) is 9.31. The summed E-state index contributed by atoms with van der Waals surface area (Å²) in [5.74, 6) is 4.15. The highest BCUT2D eigenvalue weighted by atomic mass is 79.9. The molecule has 0 spiro atoms. The van der Waals surface area contributed by atoms with E-state index < -0.39 is 5.60 Å². The van der Waals surface area contributed by atoms with Crippen LogP contribution >= 0.6 is 15.9 Å². The average Bonchev–Trinajstić information content (AvgIpc) is 2.87. The van der Waals surface area contributed by atoms with E-state index in [1.807, 2.05) is 6.08 Å². The predicted molar refractivity (Wildman–Crippen MR) is 104 cm³/mol. The molecular weight excluding hydrogens is 392 g/mol. The monoisotopic (exact) mass is 416 g/mol. The Bertz CT molecular complexity index is 813. The van der Waals surface area contributed by atoms with Crippen molar-refractivity contribution in [2.75, 3.05) is 0 Å². The van der Waals surface area contributed by atoms with Crippen molar-refractivity contribution in [3.8, 4) is 10.8 Å². The molecule has 2 N–H and O–H groups in total. The number of allylic oxidation sites excluding steroid dienone is 4. The number of hydrogen-bond acceptors (Lipinski definition) is 3. The van der Waals surface area contributed by atoms with Crippen LogP contribution in [0.15, 0.2) is 35.6 Å². The van der Waals surface area contributed by atoms with Gasteiger partial charge in [-0.3, -0.25) is 4.79 Å². The van der Waals surface area contributed by atoms with E-state index in [4.69, 9.17) is 0 Å². The van der Waals surface area contributed by atoms with Gasteiger partial charge < -0.3 is 10.2 Å². The molecule has 0 amide bonds. The average molecular weight is 417 g/mol. The highest BCUT2D eigenvalue weighted by Crippen LogP contribution is 2.65. The molecule has 4 aliphatic rings. The smallest absolute Gasteiger partial charge is 0.184 e. The summed E-state index contributed by atoms with van der Waals surface area (Å²) in [7, 11) is 0. The van der Waals surface area contributed by atoms with E-state index >= 15 is 0 Å². The fourth-order valence-corrected chi connectivity index (χ4v) is 6.69. The Balaban J connectivity index is 1.72. The minimum atomic E-state index is -1.08. The lowest BCUT2D eigenvalue weighted by Gasteiger charge is -2.58. The van der Waals surface area contributed by atoms with Gasteiger partial charge in [-0.2, -0.15) is 0 Å². The van der Waals surface area contributed by atoms with Crippen LogP contribution in [0.4, 0.5) is 0 Å². The van der Waals surface area contributed by atoms with Crippen LogP contribution in [-0.2, 0) is 4.79 Å². The Morgan fingerprint density at radius 3 is 2.81 bits per heavy atom. The van der Waals surface area contributed by atoms with Gasteiger partial charge in [0.05, 0.1) is 6.26 Å². The van der Waals surface area contributed by atoms with Gasteiger partial charge in [-0.25, -0.2) is 0 Å². The van der Waals surface area contributed by atoms with Crippen molar-refractivity contribution in [1.82, 2.24) is 0 Å². The maximum absolute atomic E-state index is 12.2. The predicted octanol–water partition coefficient (Wildman–Crippen LogP) is 4.43. The molecule has 26 heavy (non-hydrogen) atoms. The van der Waals surface area contributed by atoms with E-state index in [0.29, 0.717) is 23.8 Å². The summed E-state index contributed by atoms with van der Waals surface area (Å²) in [6.07, 6.45) is 11.3. The van der Waals surface area contributed by atoms with Crippen molar-refractivity contribution in [2.45, 2.75) is 51.6 Å². The molecule has 6 atom stereocenters. The van der Waals surface area contributed by atoms with Gasteiger partial charge in [0, 0.05) is 26.9 Å². The minimum Gasteiger partial charge on any atom is -0.515 e. The molecule has 0 bridgehead atoms. The second-order valence-electron chi connectivity index (χ2n) is 8.92. The Kier molecular flexibility index (Phi) is 4.06. The minimum absolute atomic E-state index is 0.0400. The quantitative estimate of drug-likeness (QED) is 0.265. The lowest BCUT2D eigenvalue weighted by Crippen LogP contribution is -2.55. The van der Waals surface area contributed by atoms with Gasteiger partial charge in [0.25, 0.3) is 0 Å². The maximum Gasteiger partial charge on any atom is 0.184 e. The number of aliphatic hydroxyl groups excluding tert-OH is 1. The van der Waals surface area contributed by atoms with Crippen LogP contribution in [0.2, 0.25) is 0 Å². The second kappa shape index (κ2) is 5.84. The van der Waals surface area contributed by atoms with Crippen LogP contribution < -0.4 is 0 Å². The molecule has 4 heteroatoms. The molecule has 0 radical (unpaired) electrons. The van der Waals surface area contributed by atoms with E-state index in [2.05, 4.69) is 46.6 Å². The third kappa shape index (κ3) is 2.20. The number of aliphatic hydroxyl groups is 2. The molecule has 0 aliphatic heterocycles. The van der Waals surface area contributed by atoms with Gasteiger partial charge in [0.1, 0.15) is 0 Å². The topological polar surface area (TPSA) is 57.5 Å². The van der Waals surface area contributed by atoms with Crippen LogP contribution in [-0.4, -0.2) is 21.6 Å². The molecule has 3 nitrogen and oxygen atoms in total. The summed E-state index contributed by atoms with van der Waals surface area (Å²) in [5, 5.41) is 20.7. The SMILES string of the molecule is C[C@]12C/C(=C/O)C(=O)C=C1CC[C@@H]1[C@@H]2CC[C@@]2(C)[C@H]1C=C[C@@]2(O)C#CBr. The van der Waals surface area contributed by atoms with Gasteiger partial charge in [0.15, 0.2) is 11.4 Å². The fourth-order valence-electron chi connectivity index (χ4n) is 6.39. The van der Waals surface area contributed by atoms with Crippen LogP contribution in [0.3, 0.4) is 0 Å². The van der Waals surface area contributed by atoms with Crippen LogP contribution in [0.25, 0.3) is 0 Å². The summed E-state index contributed by atoms with van der Waals surface area (Å²) in [5.41, 5.74) is 0.334. The lowest BCUT2D eigenvalue weighted by molar-refractivity contribution is -0.114. The van der Waals surface area contributed by atoms with Crippen LogP contribution in [0, 0.1) is 39.3 Å². The summed E-state index contributed by atoms with van der Waals surface area (Å²) >= 11 is 3.15. The van der Waals surface area contributed by atoms with Gasteiger partial charge >= 0.3 is 0 Å². The molecule has 0 aromatic heterocycles. The zero-order chi connectivity index (χ0) is 18.7.